The smallest absolute Gasteiger partial charge is 0.354 e. The van der Waals surface area contributed by atoms with Crippen molar-refractivity contribution in [1.82, 2.24) is 10.3 Å². The van der Waals surface area contributed by atoms with E-state index < -0.39 is 11.7 Å². The van der Waals surface area contributed by atoms with Gasteiger partial charge in [0, 0.05) is 31.7 Å². The number of aromatic nitrogens is 1. The van der Waals surface area contributed by atoms with E-state index in [1.807, 2.05) is 18.2 Å². The highest BCUT2D eigenvalue weighted by Gasteiger charge is 2.33. The van der Waals surface area contributed by atoms with Gasteiger partial charge in [0.05, 0.1) is 10.6 Å². The highest BCUT2D eigenvalue weighted by Crippen LogP contribution is 2.35. The highest BCUT2D eigenvalue weighted by molar-refractivity contribution is 6.31. The summed E-state index contributed by atoms with van der Waals surface area (Å²) in [5.41, 5.74) is -0.438. The predicted octanol–water partition coefficient (Wildman–Crippen LogP) is 4.08. The third-order valence-electron chi connectivity index (χ3n) is 4.50. The van der Waals surface area contributed by atoms with Gasteiger partial charge in [0.1, 0.15) is 5.82 Å². The molecule has 1 saturated heterocycles. The van der Waals surface area contributed by atoms with Crippen LogP contribution in [0.3, 0.4) is 0 Å². The maximum Gasteiger partial charge on any atom is 0.417 e. The van der Waals surface area contributed by atoms with Crippen molar-refractivity contribution in [2.45, 2.75) is 31.5 Å². The van der Waals surface area contributed by atoms with E-state index in [9.17, 15) is 18.0 Å². The zero-order valence-electron chi connectivity index (χ0n) is 14.5. The first-order chi connectivity index (χ1) is 12.8. The summed E-state index contributed by atoms with van der Waals surface area (Å²) in [7, 11) is 0. The Morgan fingerprint density at radius 1 is 1.30 bits per heavy atom. The van der Waals surface area contributed by atoms with Crippen LogP contribution in [0.4, 0.5) is 19.0 Å². The first-order valence-electron chi connectivity index (χ1n) is 8.64. The molecule has 8 heteroatoms. The van der Waals surface area contributed by atoms with Gasteiger partial charge in [-0.2, -0.15) is 13.2 Å². The molecule has 1 N–H and O–H groups in total. The standard InChI is InChI=1S/C19H19ClF3N3O/c20-16-6-4-13(11-15(16)19(21,22)23)5-7-18(27)25-14-8-10-26(12-14)17-3-1-2-9-24-17/h1-4,6,9,11,14H,5,7-8,10,12H2,(H,25,27). The average molecular weight is 398 g/mol. The molecule has 0 bridgehead atoms. The molecule has 144 valence electrons. The zero-order chi connectivity index (χ0) is 19.4. The Morgan fingerprint density at radius 2 is 2.11 bits per heavy atom. The Kier molecular flexibility index (Phi) is 5.89. The van der Waals surface area contributed by atoms with E-state index in [-0.39, 0.29) is 29.8 Å². The number of nitrogens with one attached hydrogen (secondary N) is 1. The Balaban J connectivity index is 1.51. The second-order valence-corrected chi connectivity index (χ2v) is 6.91. The van der Waals surface area contributed by atoms with Gasteiger partial charge in [-0.05, 0) is 42.7 Å². The molecule has 2 aromatic rings. The molecular weight excluding hydrogens is 379 g/mol. The maximum atomic E-state index is 12.9. The van der Waals surface area contributed by atoms with Crippen LogP contribution in [0.25, 0.3) is 0 Å². The lowest BCUT2D eigenvalue weighted by molar-refractivity contribution is -0.137. The van der Waals surface area contributed by atoms with Gasteiger partial charge in [-0.15, -0.1) is 0 Å². The second kappa shape index (κ2) is 8.17. The lowest BCUT2D eigenvalue weighted by Gasteiger charge is -2.17. The van der Waals surface area contributed by atoms with Gasteiger partial charge in [-0.3, -0.25) is 4.79 Å². The Bertz CT molecular complexity index is 799. The number of carbonyl (C=O) groups excluding carboxylic acids is 1. The Morgan fingerprint density at radius 3 is 2.81 bits per heavy atom. The fourth-order valence-electron chi connectivity index (χ4n) is 3.13. The molecule has 1 fully saturated rings. The van der Waals surface area contributed by atoms with Crippen molar-refractivity contribution in [2.24, 2.45) is 0 Å². The minimum absolute atomic E-state index is 0.00969. The predicted molar refractivity (Wildman–Crippen MR) is 97.8 cm³/mol. The van der Waals surface area contributed by atoms with Crippen molar-refractivity contribution in [3.8, 4) is 0 Å². The molecule has 1 atom stereocenters. The van der Waals surface area contributed by atoms with Gasteiger partial charge >= 0.3 is 6.18 Å². The van der Waals surface area contributed by atoms with Gasteiger partial charge < -0.3 is 10.2 Å². The van der Waals surface area contributed by atoms with Crippen molar-refractivity contribution in [3.05, 3.63) is 58.7 Å². The number of rotatable bonds is 5. The monoisotopic (exact) mass is 397 g/mol. The molecule has 0 spiro atoms. The van der Waals surface area contributed by atoms with Crippen molar-refractivity contribution >= 4 is 23.3 Å². The molecule has 1 unspecified atom stereocenters. The molecular formula is C19H19ClF3N3O. The van der Waals surface area contributed by atoms with E-state index in [1.165, 1.54) is 12.1 Å². The summed E-state index contributed by atoms with van der Waals surface area (Å²) in [6.45, 7) is 1.47. The minimum Gasteiger partial charge on any atom is -0.354 e. The fraction of sp³-hybridized carbons (Fsp3) is 0.368. The Labute approximate surface area is 160 Å². The first kappa shape index (κ1) is 19.5. The van der Waals surface area contributed by atoms with Gasteiger partial charge in [-0.1, -0.05) is 23.7 Å². The van der Waals surface area contributed by atoms with Crippen LogP contribution < -0.4 is 10.2 Å². The molecule has 1 amide bonds. The number of aryl methyl sites for hydroxylation is 1. The number of alkyl halides is 3. The van der Waals surface area contributed by atoms with E-state index in [0.717, 1.165) is 24.8 Å². The van der Waals surface area contributed by atoms with Crippen LogP contribution in [-0.2, 0) is 17.4 Å². The van der Waals surface area contributed by atoms with E-state index in [0.29, 0.717) is 12.1 Å². The van der Waals surface area contributed by atoms with E-state index >= 15 is 0 Å². The number of carbonyl (C=O) groups is 1. The topological polar surface area (TPSA) is 45.2 Å². The molecule has 1 aliphatic heterocycles. The number of anilines is 1. The van der Waals surface area contributed by atoms with Crippen molar-refractivity contribution in [2.75, 3.05) is 18.0 Å². The molecule has 4 nitrogen and oxygen atoms in total. The summed E-state index contributed by atoms with van der Waals surface area (Å²) >= 11 is 5.61. The van der Waals surface area contributed by atoms with Crippen LogP contribution in [0.15, 0.2) is 42.6 Å². The lowest BCUT2D eigenvalue weighted by Crippen LogP contribution is -2.37. The fourth-order valence-corrected chi connectivity index (χ4v) is 3.35. The molecule has 1 aromatic heterocycles. The lowest BCUT2D eigenvalue weighted by atomic mass is 10.1. The van der Waals surface area contributed by atoms with Gasteiger partial charge in [0.25, 0.3) is 0 Å². The molecule has 1 aromatic carbocycles. The Hall–Kier alpha value is -2.28. The maximum absolute atomic E-state index is 12.9. The highest BCUT2D eigenvalue weighted by atomic mass is 35.5. The average Bonchev–Trinajstić information content (AvgIpc) is 3.09. The van der Waals surface area contributed by atoms with Crippen LogP contribution in [0.5, 0.6) is 0 Å². The van der Waals surface area contributed by atoms with Gasteiger partial charge in [0.2, 0.25) is 5.91 Å². The largest absolute Gasteiger partial charge is 0.417 e. The number of hydrogen-bond donors (Lipinski definition) is 1. The molecule has 3 rings (SSSR count). The molecule has 0 aliphatic carbocycles. The second-order valence-electron chi connectivity index (χ2n) is 6.50. The van der Waals surface area contributed by atoms with Gasteiger partial charge in [-0.25, -0.2) is 4.98 Å². The number of nitrogens with zero attached hydrogens (tertiary/aromatic N) is 2. The molecule has 27 heavy (non-hydrogen) atoms. The number of halogens is 4. The van der Waals surface area contributed by atoms with Crippen molar-refractivity contribution in [3.63, 3.8) is 0 Å². The summed E-state index contributed by atoms with van der Waals surface area (Å²) in [4.78, 5) is 18.6. The van der Waals surface area contributed by atoms with E-state index in [4.69, 9.17) is 11.6 Å². The first-order valence-corrected chi connectivity index (χ1v) is 9.01. The third-order valence-corrected chi connectivity index (χ3v) is 4.83. The quantitative estimate of drug-likeness (QED) is 0.826. The molecule has 0 saturated carbocycles. The summed E-state index contributed by atoms with van der Waals surface area (Å²) in [6, 6.07) is 9.44. The molecule has 2 heterocycles. The van der Waals surface area contributed by atoms with Crippen LogP contribution in [-0.4, -0.2) is 30.0 Å². The van der Waals surface area contributed by atoms with Gasteiger partial charge in [0.15, 0.2) is 0 Å². The number of amides is 1. The summed E-state index contributed by atoms with van der Waals surface area (Å²) in [5.74, 6) is 0.696. The molecule has 0 radical (unpaired) electrons. The van der Waals surface area contributed by atoms with E-state index in [2.05, 4.69) is 15.2 Å². The number of hydrogen-bond acceptors (Lipinski definition) is 3. The SMILES string of the molecule is O=C(CCc1ccc(Cl)c(C(F)(F)F)c1)NC1CCN(c2ccccn2)C1. The minimum atomic E-state index is -4.51. The van der Waals surface area contributed by atoms with Crippen LogP contribution in [0.1, 0.15) is 24.0 Å². The van der Waals surface area contributed by atoms with Crippen molar-refractivity contribution in [1.29, 1.82) is 0 Å². The molecule has 1 aliphatic rings. The number of benzene rings is 1. The third kappa shape index (κ3) is 5.13. The van der Waals surface area contributed by atoms with Crippen LogP contribution in [0.2, 0.25) is 5.02 Å². The zero-order valence-corrected chi connectivity index (χ0v) is 15.2. The van der Waals surface area contributed by atoms with Crippen LogP contribution in [0, 0.1) is 0 Å². The normalized spacial score (nSPS) is 17.2. The summed E-state index contributed by atoms with van der Waals surface area (Å²) in [5, 5.41) is 2.61. The van der Waals surface area contributed by atoms with Crippen molar-refractivity contribution < 1.29 is 18.0 Å². The summed E-state index contributed by atoms with van der Waals surface area (Å²) < 4.78 is 38.7. The number of pyridine rings is 1. The summed E-state index contributed by atoms with van der Waals surface area (Å²) in [6.07, 6.45) is -1.63. The van der Waals surface area contributed by atoms with E-state index in [1.54, 1.807) is 6.20 Å². The van der Waals surface area contributed by atoms with Crippen LogP contribution >= 0.6 is 11.6 Å².